The minimum atomic E-state index is -2.21. The van der Waals surface area contributed by atoms with Crippen LogP contribution < -0.4 is 5.56 Å². The van der Waals surface area contributed by atoms with Crippen LogP contribution in [0.4, 0.5) is 4.39 Å². The van der Waals surface area contributed by atoms with E-state index >= 15 is 4.39 Å². The molecule has 0 radical (unpaired) electrons. The SMILES string of the molecule is C[C@@]1(O)[C@@H](CO)O[C@@H](n2cnc3c(=O)[nH]cnc32)[C@@]1(C)F. The lowest BCUT2D eigenvalue weighted by molar-refractivity contribution is -0.0891. The number of aliphatic hydroxyl groups is 2. The predicted molar refractivity (Wildman–Crippen MR) is 69.3 cm³/mol. The molecule has 1 saturated heterocycles. The van der Waals surface area contributed by atoms with E-state index in [1.165, 1.54) is 31.1 Å². The molecule has 21 heavy (non-hydrogen) atoms. The molecule has 1 aliphatic rings. The molecule has 0 unspecified atom stereocenters. The van der Waals surface area contributed by atoms with Gasteiger partial charge in [0.05, 0.1) is 19.3 Å². The van der Waals surface area contributed by atoms with Gasteiger partial charge in [0.15, 0.2) is 23.1 Å². The average molecular weight is 298 g/mol. The fourth-order valence-corrected chi connectivity index (χ4v) is 2.56. The normalized spacial score (nSPS) is 36.4. The second kappa shape index (κ2) is 4.33. The third-order valence-corrected chi connectivity index (χ3v) is 4.16. The quantitative estimate of drug-likeness (QED) is 0.688. The standard InChI is InChI=1S/C12H15FN4O4/c1-11(13)10(21-6(3-18)12(11,2)20)17-5-16-7-8(17)14-4-15-9(7)19/h4-6,10,18,20H,3H2,1-2H3,(H,14,15,19)/t6-,10-,11-,12-/m1/s1. The topological polar surface area (TPSA) is 113 Å². The Kier molecular flexibility index (Phi) is 2.91. The highest BCUT2D eigenvalue weighted by molar-refractivity contribution is 5.69. The Hall–Kier alpha value is -1.84. The maximum atomic E-state index is 15.0. The highest BCUT2D eigenvalue weighted by atomic mass is 19.1. The molecule has 8 nitrogen and oxygen atoms in total. The Morgan fingerprint density at radius 1 is 1.52 bits per heavy atom. The summed E-state index contributed by atoms with van der Waals surface area (Å²) in [5.41, 5.74) is -4.38. The van der Waals surface area contributed by atoms with Crippen LogP contribution in [0.1, 0.15) is 20.1 Å². The Bertz CT molecular complexity index is 738. The zero-order valence-corrected chi connectivity index (χ0v) is 11.4. The van der Waals surface area contributed by atoms with Crippen LogP contribution in [0.2, 0.25) is 0 Å². The first kappa shape index (κ1) is 14.1. The van der Waals surface area contributed by atoms with E-state index in [2.05, 4.69) is 15.0 Å². The molecule has 0 aromatic carbocycles. The molecule has 3 heterocycles. The number of halogens is 1. The van der Waals surface area contributed by atoms with Gasteiger partial charge in [-0.3, -0.25) is 9.36 Å². The van der Waals surface area contributed by atoms with Gasteiger partial charge in [-0.05, 0) is 13.8 Å². The number of aromatic nitrogens is 4. The number of aromatic amines is 1. The van der Waals surface area contributed by atoms with Crippen LogP contribution in [0, 0.1) is 0 Å². The number of nitrogens with one attached hydrogen (secondary N) is 1. The minimum absolute atomic E-state index is 0.0454. The van der Waals surface area contributed by atoms with Crippen LogP contribution in [0.5, 0.6) is 0 Å². The lowest BCUT2D eigenvalue weighted by atomic mass is 9.85. The van der Waals surface area contributed by atoms with E-state index < -0.39 is 35.8 Å². The smallest absolute Gasteiger partial charge is 0.278 e. The summed E-state index contributed by atoms with van der Waals surface area (Å²) in [6.45, 7) is 1.89. The monoisotopic (exact) mass is 298 g/mol. The maximum absolute atomic E-state index is 15.0. The number of aliphatic hydroxyl groups excluding tert-OH is 1. The number of ether oxygens (including phenoxy) is 1. The summed E-state index contributed by atoms with van der Waals surface area (Å²) in [6.07, 6.45) is 0.0428. The van der Waals surface area contributed by atoms with Crippen LogP contribution in [-0.2, 0) is 4.74 Å². The van der Waals surface area contributed by atoms with Crippen LogP contribution in [0.25, 0.3) is 11.2 Å². The van der Waals surface area contributed by atoms with Crippen LogP contribution >= 0.6 is 0 Å². The number of nitrogens with zero attached hydrogens (tertiary/aromatic N) is 3. The molecule has 4 atom stereocenters. The number of fused-ring (bicyclic) bond motifs is 1. The maximum Gasteiger partial charge on any atom is 0.278 e. The van der Waals surface area contributed by atoms with Crippen molar-refractivity contribution in [3.05, 3.63) is 23.0 Å². The molecule has 0 spiro atoms. The van der Waals surface area contributed by atoms with Crippen LogP contribution in [0.3, 0.4) is 0 Å². The van der Waals surface area contributed by atoms with Gasteiger partial charge in [0.1, 0.15) is 11.7 Å². The Morgan fingerprint density at radius 3 is 2.86 bits per heavy atom. The second-order valence-electron chi connectivity index (χ2n) is 5.44. The lowest BCUT2D eigenvalue weighted by Gasteiger charge is -2.32. The Labute approximate surface area is 118 Å². The summed E-state index contributed by atoms with van der Waals surface area (Å²) >= 11 is 0. The Balaban J connectivity index is 2.15. The van der Waals surface area contributed by atoms with E-state index in [0.29, 0.717) is 0 Å². The Morgan fingerprint density at radius 2 is 2.24 bits per heavy atom. The predicted octanol–water partition coefficient (Wildman–Crippen LogP) is -0.512. The second-order valence-corrected chi connectivity index (χ2v) is 5.44. The number of imidazole rings is 1. The third-order valence-electron chi connectivity index (χ3n) is 4.16. The van der Waals surface area contributed by atoms with E-state index in [4.69, 9.17) is 4.74 Å². The van der Waals surface area contributed by atoms with E-state index in [-0.39, 0.29) is 11.2 Å². The minimum Gasteiger partial charge on any atom is -0.394 e. The summed E-state index contributed by atoms with van der Waals surface area (Å²) in [4.78, 5) is 21.8. The summed E-state index contributed by atoms with van der Waals surface area (Å²) in [7, 11) is 0. The molecule has 114 valence electrons. The molecular weight excluding hydrogens is 283 g/mol. The summed E-state index contributed by atoms with van der Waals surface area (Å²) < 4.78 is 21.7. The van der Waals surface area contributed by atoms with E-state index in [1.807, 2.05) is 0 Å². The van der Waals surface area contributed by atoms with Crippen molar-refractivity contribution >= 4 is 11.2 Å². The number of hydrogen-bond acceptors (Lipinski definition) is 6. The molecule has 9 heteroatoms. The zero-order valence-electron chi connectivity index (χ0n) is 11.4. The number of H-pyrrole nitrogens is 1. The van der Waals surface area contributed by atoms with Crippen molar-refractivity contribution in [2.45, 2.75) is 37.4 Å². The van der Waals surface area contributed by atoms with Gasteiger partial charge in [-0.15, -0.1) is 0 Å². The molecule has 3 N–H and O–H groups in total. The number of alkyl halides is 1. The first-order chi connectivity index (χ1) is 9.80. The zero-order chi connectivity index (χ0) is 15.4. The molecule has 0 amide bonds. The van der Waals surface area contributed by atoms with Gasteiger partial charge >= 0.3 is 0 Å². The van der Waals surface area contributed by atoms with Crippen molar-refractivity contribution in [3.63, 3.8) is 0 Å². The summed E-state index contributed by atoms with van der Waals surface area (Å²) in [5.74, 6) is 0. The fourth-order valence-electron chi connectivity index (χ4n) is 2.56. The molecule has 0 aliphatic carbocycles. The van der Waals surface area contributed by atoms with E-state index in [9.17, 15) is 15.0 Å². The van der Waals surface area contributed by atoms with Gasteiger partial charge in [-0.1, -0.05) is 0 Å². The first-order valence-corrected chi connectivity index (χ1v) is 6.38. The van der Waals surface area contributed by atoms with Crippen molar-refractivity contribution in [2.75, 3.05) is 6.61 Å². The van der Waals surface area contributed by atoms with Crippen molar-refractivity contribution in [2.24, 2.45) is 0 Å². The third kappa shape index (κ3) is 1.74. The molecule has 1 fully saturated rings. The summed E-state index contributed by atoms with van der Waals surface area (Å²) in [6, 6.07) is 0. The molecule has 0 saturated carbocycles. The largest absolute Gasteiger partial charge is 0.394 e. The molecule has 2 aromatic heterocycles. The first-order valence-electron chi connectivity index (χ1n) is 6.38. The molecule has 0 bridgehead atoms. The van der Waals surface area contributed by atoms with Gasteiger partial charge in [0.25, 0.3) is 5.56 Å². The molecule has 1 aliphatic heterocycles. The fraction of sp³-hybridized carbons (Fsp3) is 0.583. The van der Waals surface area contributed by atoms with Gasteiger partial charge in [0, 0.05) is 0 Å². The summed E-state index contributed by atoms with van der Waals surface area (Å²) in [5, 5.41) is 19.6. The van der Waals surface area contributed by atoms with Crippen molar-refractivity contribution < 1.29 is 19.3 Å². The van der Waals surface area contributed by atoms with Gasteiger partial charge in [-0.25, -0.2) is 14.4 Å². The van der Waals surface area contributed by atoms with Crippen LogP contribution in [0.15, 0.2) is 17.4 Å². The highest BCUT2D eigenvalue weighted by Crippen LogP contribution is 2.48. The number of hydrogen-bond donors (Lipinski definition) is 3. The molecule has 2 aromatic rings. The molecule has 3 rings (SSSR count). The molecular formula is C12H15FN4O4. The highest BCUT2D eigenvalue weighted by Gasteiger charge is 2.63. The number of rotatable bonds is 2. The van der Waals surface area contributed by atoms with Crippen molar-refractivity contribution in [1.82, 2.24) is 19.5 Å². The van der Waals surface area contributed by atoms with E-state index in [0.717, 1.165) is 0 Å². The van der Waals surface area contributed by atoms with Gasteiger partial charge < -0.3 is 19.9 Å². The van der Waals surface area contributed by atoms with Crippen LogP contribution in [-0.4, -0.2) is 53.7 Å². The van der Waals surface area contributed by atoms with Gasteiger partial charge in [-0.2, -0.15) is 0 Å². The average Bonchev–Trinajstić information content (AvgIpc) is 2.90. The van der Waals surface area contributed by atoms with Crippen molar-refractivity contribution in [1.29, 1.82) is 0 Å². The van der Waals surface area contributed by atoms with Crippen molar-refractivity contribution in [3.8, 4) is 0 Å². The lowest BCUT2D eigenvalue weighted by Crippen LogP contribution is -2.51. The van der Waals surface area contributed by atoms with Gasteiger partial charge in [0.2, 0.25) is 0 Å². The van der Waals surface area contributed by atoms with E-state index in [1.54, 1.807) is 0 Å².